The molecule has 0 radical (unpaired) electrons. The molecule has 0 aromatic carbocycles. The Kier molecular flexibility index (Phi) is 5.75. The van der Waals surface area contributed by atoms with E-state index < -0.39 is 0 Å². The fourth-order valence-corrected chi connectivity index (χ4v) is 0.741. The molecule has 11 heavy (non-hydrogen) atoms. The third-order valence-corrected chi connectivity index (χ3v) is 1.44. The predicted molar refractivity (Wildman–Crippen MR) is 45.3 cm³/mol. The lowest BCUT2D eigenvalue weighted by Gasteiger charge is -2.01. The second-order valence-corrected chi connectivity index (χ2v) is 2.74. The highest BCUT2D eigenvalue weighted by Crippen LogP contribution is 2.00. The van der Waals surface area contributed by atoms with E-state index in [1.165, 1.54) is 0 Å². The zero-order chi connectivity index (χ0) is 8.69. The lowest BCUT2D eigenvalue weighted by molar-refractivity contribution is -0.109. The van der Waals surface area contributed by atoms with E-state index in [0.29, 0.717) is 0 Å². The Bertz CT molecular complexity index is 130. The normalized spacial score (nSPS) is 16.6. The van der Waals surface area contributed by atoms with E-state index in [0.717, 1.165) is 19.1 Å². The van der Waals surface area contributed by atoms with Gasteiger partial charge in [-0.2, -0.15) is 0 Å². The van der Waals surface area contributed by atoms with Crippen molar-refractivity contribution in [3.63, 3.8) is 0 Å². The monoisotopic (exact) mass is 156 g/mol. The first-order chi connectivity index (χ1) is 5.20. The van der Waals surface area contributed by atoms with E-state index in [-0.39, 0.29) is 12.0 Å². The molecule has 2 atom stereocenters. The molecule has 0 aliphatic carbocycles. The molecule has 0 saturated heterocycles. The van der Waals surface area contributed by atoms with Crippen LogP contribution in [0.25, 0.3) is 0 Å². The number of carbonyl (C=O) groups is 1. The van der Waals surface area contributed by atoms with Gasteiger partial charge in [0.15, 0.2) is 0 Å². The molecule has 0 saturated carbocycles. The summed E-state index contributed by atoms with van der Waals surface area (Å²) < 4.78 is 0. The molecule has 0 amide bonds. The molecular formula is C9H16O2. The molecule has 64 valence electrons. The van der Waals surface area contributed by atoms with Crippen LogP contribution in [0.2, 0.25) is 0 Å². The number of aldehydes is 1. The van der Waals surface area contributed by atoms with Gasteiger partial charge in [0.2, 0.25) is 0 Å². The number of rotatable bonds is 5. The van der Waals surface area contributed by atoms with Gasteiger partial charge in [-0.15, -0.1) is 0 Å². The minimum atomic E-state index is -0.387. The maximum absolute atomic E-state index is 10.1. The number of carbonyl (C=O) groups excluding carboxylic acids is 1. The number of aliphatic hydroxyl groups is 1. The van der Waals surface area contributed by atoms with Gasteiger partial charge in [-0.3, -0.25) is 0 Å². The first-order valence-electron chi connectivity index (χ1n) is 4.02. The molecule has 0 spiro atoms. The third kappa shape index (κ3) is 5.80. The van der Waals surface area contributed by atoms with Crippen LogP contribution < -0.4 is 0 Å². The van der Waals surface area contributed by atoms with Gasteiger partial charge in [-0.25, -0.2) is 0 Å². The van der Waals surface area contributed by atoms with Gasteiger partial charge in [-0.1, -0.05) is 32.4 Å². The minimum Gasteiger partial charge on any atom is -0.389 e. The Balaban J connectivity index is 3.62. The molecule has 0 aromatic rings. The molecule has 0 aliphatic heterocycles. The number of hydrogen-bond donors (Lipinski definition) is 1. The van der Waals surface area contributed by atoms with E-state index in [1.807, 2.05) is 6.92 Å². The van der Waals surface area contributed by atoms with Crippen LogP contribution in [-0.2, 0) is 4.79 Å². The minimum absolute atomic E-state index is 0.0819. The fraction of sp³-hybridized carbons (Fsp3) is 0.667. The molecule has 2 unspecified atom stereocenters. The van der Waals surface area contributed by atoms with Gasteiger partial charge >= 0.3 is 0 Å². The average molecular weight is 156 g/mol. The van der Waals surface area contributed by atoms with Crippen LogP contribution in [0.15, 0.2) is 12.2 Å². The van der Waals surface area contributed by atoms with E-state index in [1.54, 1.807) is 19.1 Å². The first-order valence-corrected chi connectivity index (χ1v) is 4.02. The van der Waals surface area contributed by atoms with E-state index >= 15 is 0 Å². The summed E-state index contributed by atoms with van der Waals surface area (Å²) in [6.07, 6.45) is 5.61. The van der Waals surface area contributed by atoms with Crippen LogP contribution in [0.5, 0.6) is 0 Å². The van der Waals surface area contributed by atoms with Gasteiger partial charge < -0.3 is 9.90 Å². The summed E-state index contributed by atoms with van der Waals surface area (Å²) >= 11 is 0. The average Bonchev–Trinajstić information content (AvgIpc) is 2.01. The Labute approximate surface area is 67.9 Å². The van der Waals surface area contributed by atoms with Gasteiger partial charge in [-0.05, 0) is 6.42 Å². The van der Waals surface area contributed by atoms with Crippen LogP contribution in [-0.4, -0.2) is 17.5 Å². The van der Waals surface area contributed by atoms with Crippen LogP contribution in [0.1, 0.15) is 26.7 Å². The van der Waals surface area contributed by atoms with Crippen LogP contribution in [0.4, 0.5) is 0 Å². The molecule has 2 nitrogen and oxygen atoms in total. The second-order valence-electron chi connectivity index (χ2n) is 2.74. The van der Waals surface area contributed by atoms with Crippen molar-refractivity contribution in [2.24, 2.45) is 5.92 Å². The maximum Gasteiger partial charge on any atom is 0.126 e. The number of hydrogen-bond acceptors (Lipinski definition) is 2. The van der Waals surface area contributed by atoms with Crippen LogP contribution in [0.3, 0.4) is 0 Å². The highest BCUT2D eigenvalue weighted by molar-refractivity contribution is 5.55. The zero-order valence-electron chi connectivity index (χ0n) is 7.16. The summed E-state index contributed by atoms with van der Waals surface area (Å²) in [7, 11) is 0. The summed E-state index contributed by atoms with van der Waals surface area (Å²) in [6, 6.07) is 0. The Morgan fingerprint density at radius 3 is 2.55 bits per heavy atom. The van der Waals surface area contributed by atoms with Gasteiger partial charge in [0.25, 0.3) is 0 Å². The zero-order valence-corrected chi connectivity index (χ0v) is 7.16. The molecule has 0 aliphatic rings. The van der Waals surface area contributed by atoms with Crippen molar-refractivity contribution in [1.82, 2.24) is 0 Å². The van der Waals surface area contributed by atoms with E-state index in [4.69, 9.17) is 0 Å². The molecule has 0 fully saturated rings. The number of allylic oxidation sites excluding steroid dienone is 1. The Morgan fingerprint density at radius 2 is 2.09 bits per heavy atom. The van der Waals surface area contributed by atoms with Crippen molar-refractivity contribution in [2.45, 2.75) is 32.8 Å². The lowest BCUT2D eigenvalue weighted by atomic mass is 10.1. The molecule has 0 heterocycles. The standard InChI is InChI=1S/C9H16O2/c1-3-4-9(11)6-5-8(2)7-10/h5-9,11H,3-4H2,1-2H3/b6-5+. The Hall–Kier alpha value is -0.630. The van der Waals surface area contributed by atoms with Crippen molar-refractivity contribution in [1.29, 1.82) is 0 Å². The van der Waals surface area contributed by atoms with Crippen molar-refractivity contribution in [3.8, 4) is 0 Å². The highest BCUT2D eigenvalue weighted by Gasteiger charge is 1.97. The van der Waals surface area contributed by atoms with Crippen molar-refractivity contribution < 1.29 is 9.90 Å². The van der Waals surface area contributed by atoms with Gasteiger partial charge in [0, 0.05) is 5.92 Å². The summed E-state index contributed by atoms with van der Waals surface area (Å²) in [4.78, 5) is 10.1. The lowest BCUT2D eigenvalue weighted by Crippen LogP contribution is -2.01. The van der Waals surface area contributed by atoms with Crippen molar-refractivity contribution in [2.75, 3.05) is 0 Å². The van der Waals surface area contributed by atoms with Gasteiger partial charge in [0.05, 0.1) is 6.10 Å². The SMILES string of the molecule is CCCC(O)/C=C/C(C)C=O. The second kappa shape index (κ2) is 6.10. The first kappa shape index (κ1) is 10.4. The molecule has 0 bridgehead atoms. The summed E-state index contributed by atoms with van der Waals surface area (Å²) in [5.41, 5.74) is 0. The van der Waals surface area contributed by atoms with E-state index in [9.17, 15) is 9.90 Å². The smallest absolute Gasteiger partial charge is 0.126 e. The summed E-state index contributed by atoms with van der Waals surface area (Å²) in [6.45, 7) is 3.81. The Morgan fingerprint density at radius 1 is 1.45 bits per heavy atom. The maximum atomic E-state index is 10.1. The molecule has 0 aromatic heterocycles. The fourth-order valence-electron chi connectivity index (χ4n) is 0.741. The van der Waals surface area contributed by atoms with E-state index in [2.05, 4.69) is 0 Å². The molecular weight excluding hydrogens is 140 g/mol. The number of aliphatic hydroxyl groups excluding tert-OH is 1. The molecule has 2 heteroatoms. The van der Waals surface area contributed by atoms with Crippen LogP contribution >= 0.6 is 0 Å². The molecule has 1 N–H and O–H groups in total. The summed E-state index contributed by atoms with van der Waals surface area (Å²) in [5.74, 6) is -0.0819. The van der Waals surface area contributed by atoms with Crippen molar-refractivity contribution in [3.05, 3.63) is 12.2 Å². The molecule has 0 rings (SSSR count). The largest absolute Gasteiger partial charge is 0.389 e. The third-order valence-electron chi connectivity index (χ3n) is 1.44. The topological polar surface area (TPSA) is 37.3 Å². The van der Waals surface area contributed by atoms with Gasteiger partial charge in [0.1, 0.15) is 6.29 Å². The van der Waals surface area contributed by atoms with Crippen molar-refractivity contribution >= 4 is 6.29 Å². The van der Waals surface area contributed by atoms with Crippen LogP contribution in [0, 0.1) is 5.92 Å². The quantitative estimate of drug-likeness (QED) is 0.484. The summed E-state index contributed by atoms with van der Waals surface area (Å²) in [5, 5.41) is 9.19. The highest BCUT2D eigenvalue weighted by atomic mass is 16.3. The predicted octanol–water partition coefficient (Wildman–Crippen LogP) is 1.54.